The number of hydrogen-bond donors (Lipinski definition) is 0. The fraction of sp³-hybridized carbons (Fsp3) is 0.333. The first-order chi connectivity index (χ1) is 3.80. The van der Waals surface area contributed by atoms with Crippen LogP contribution in [0.25, 0.3) is 0 Å². The highest BCUT2D eigenvalue weighted by Gasteiger charge is 2.19. The summed E-state index contributed by atoms with van der Waals surface area (Å²) in [6.45, 7) is 0. The Labute approximate surface area is 50.1 Å². The van der Waals surface area contributed by atoms with Crippen molar-refractivity contribution in [2.75, 3.05) is 5.75 Å². The summed E-state index contributed by atoms with van der Waals surface area (Å²) in [6, 6.07) is 0. The largest absolute Gasteiger partial charge is 0.358 e. The van der Waals surface area contributed by atoms with E-state index in [9.17, 15) is 10.1 Å². The van der Waals surface area contributed by atoms with E-state index in [0.29, 0.717) is 5.75 Å². The zero-order valence-corrected chi connectivity index (χ0v) is 4.64. The first-order valence-corrected chi connectivity index (χ1v) is 2.87. The Bertz CT molecular complexity index is 144. The summed E-state index contributed by atoms with van der Waals surface area (Å²) in [4.78, 5) is 12.7. The van der Waals surface area contributed by atoms with Gasteiger partial charge in [-0.25, -0.2) is 0 Å². The third-order valence-corrected chi connectivity index (χ3v) is 1.27. The summed E-state index contributed by atoms with van der Waals surface area (Å²) in [5, 5.41) is 9.82. The lowest BCUT2D eigenvalue weighted by Gasteiger charge is -1.85. The topological polar surface area (TPSA) is 55.5 Å². The Balaban J connectivity index is 2.57. The molecular formula is C3H2N2O2S. The minimum atomic E-state index is -0.493. The van der Waals surface area contributed by atoms with Crippen LogP contribution >= 0.6 is 11.8 Å². The van der Waals surface area contributed by atoms with E-state index in [1.807, 2.05) is 0 Å². The molecule has 0 N–H and O–H groups in total. The molecule has 42 valence electrons. The van der Waals surface area contributed by atoms with E-state index in [4.69, 9.17) is 0 Å². The van der Waals surface area contributed by atoms with Crippen LogP contribution in [-0.4, -0.2) is 16.5 Å². The number of rotatable bonds is 0. The van der Waals surface area contributed by atoms with E-state index in [-0.39, 0.29) is 5.84 Å². The van der Waals surface area contributed by atoms with E-state index in [1.54, 1.807) is 0 Å². The van der Waals surface area contributed by atoms with Crippen LogP contribution in [0.3, 0.4) is 0 Å². The van der Waals surface area contributed by atoms with Crippen molar-refractivity contribution in [3.8, 4) is 0 Å². The zero-order valence-electron chi connectivity index (χ0n) is 3.83. The quantitative estimate of drug-likeness (QED) is 0.352. The molecule has 0 amide bonds. The molecule has 0 saturated carbocycles. The van der Waals surface area contributed by atoms with Gasteiger partial charge in [-0.2, -0.15) is 0 Å². The molecule has 1 aliphatic rings. The van der Waals surface area contributed by atoms with Crippen molar-refractivity contribution < 1.29 is 4.92 Å². The smallest absolute Gasteiger partial charge is 0.345 e. The van der Waals surface area contributed by atoms with Crippen molar-refractivity contribution in [1.29, 1.82) is 0 Å². The predicted octanol–water partition coefficient (Wildman–Crippen LogP) is 0.405. The van der Waals surface area contributed by atoms with Crippen LogP contribution in [0.4, 0.5) is 0 Å². The molecule has 0 unspecified atom stereocenters. The monoisotopic (exact) mass is 130 g/mol. The second kappa shape index (κ2) is 2.13. The number of aliphatic imine (C=N–C) groups is 1. The maximum Gasteiger partial charge on any atom is 0.345 e. The van der Waals surface area contributed by atoms with E-state index >= 15 is 0 Å². The Morgan fingerprint density at radius 3 is 3.00 bits per heavy atom. The molecule has 4 nitrogen and oxygen atoms in total. The first-order valence-electron chi connectivity index (χ1n) is 1.88. The number of nitrogens with zero attached hydrogens (tertiary/aromatic N) is 2. The van der Waals surface area contributed by atoms with Gasteiger partial charge in [-0.1, -0.05) is 16.8 Å². The molecule has 0 fully saturated rings. The standard InChI is InChI=1S/C3H2N2O2S/c6-5(7)3-1-8-2-4-3/h1H2. The molecule has 0 aliphatic carbocycles. The Hall–Kier alpha value is -0.580. The van der Waals surface area contributed by atoms with Gasteiger partial charge in [-0.3, -0.25) is 0 Å². The summed E-state index contributed by atoms with van der Waals surface area (Å²) in [6.07, 6.45) is 0. The molecule has 0 atom stereocenters. The second-order valence-electron chi connectivity index (χ2n) is 1.17. The first kappa shape index (κ1) is 5.55. The van der Waals surface area contributed by atoms with Crippen molar-refractivity contribution in [3.05, 3.63) is 16.0 Å². The Morgan fingerprint density at radius 1 is 2.00 bits per heavy atom. The van der Waals surface area contributed by atoms with Crippen LogP contribution in [0.1, 0.15) is 0 Å². The minimum absolute atomic E-state index is 0.00463. The van der Waals surface area contributed by atoms with Gasteiger partial charge in [-0.15, -0.1) is 0 Å². The number of hydrogen-bond acceptors (Lipinski definition) is 4. The van der Waals surface area contributed by atoms with Crippen LogP contribution < -0.4 is 0 Å². The maximum absolute atomic E-state index is 9.82. The molecular weight excluding hydrogens is 128 g/mol. The molecule has 0 aromatic heterocycles. The van der Waals surface area contributed by atoms with Crippen LogP contribution in [0.15, 0.2) is 4.99 Å². The van der Waals surface area contributed by atoms with Gasteiger partial charge in [0.2, 0.25) is 0 Å². The number of thioether (sulfide) groups is 1. The highest BCUT2D eigenvalue weighted by Crippen LogP contribution is 2.14. The predicted molar refractivity (Wildman–Crippen MR) is 30.1 cm³/mol. The zero-order chi connectivity index (χ0) is 5.98. The summed E-state index contributed by atoms with van der Waals surface area (Å²) in [5.74, 6) is 2.77. The van der Waals surface area contributed by atoms with Gasteiger partial charge in [0, 0.05) is 0 Å². The van der Waals surface area contributed by atoms with Gasteiger partial charge in [0.05, 0.1) is 0 Å². The van der Waals surface area contributed by atoms with Crippen molar-refractivity contribution in [2.45, 2.75) is 0 Å². The highest BCUT2D eigenvalue weighted by molar-refractivity contribution is 8.02. The number of nitro groups is 1. The molecule has 0 aromatic rings. The van der Waals surface area contributed by atoms with E-state index in [1.165, 1.54) is 11.8 Å². The fourth-order valence-corrected chi connectivity index (χ4v) is 0.841. The summed E-state index contributed by atoms with van der Waals surface area (Å²) >= 11 is 1.22. The average Bonchev–Trinajstić information content (AvgIpc) is 2.12. The molecule has 1 aliphatic heterocycles. The van der Waals surface area contributed by atoms with Gasteiger partial charge >= 0.3 is 11.7 Å². The summed E-state index contributed by atoms with van der Waals surface area (Å²) in [7, 11) is 0. The summed E-state index contributed by atoms with van der Waals surface area (Å²) in [5.41, 5.74) is 0. The van der Waals surface area contributed by atoms with E-state index in [2.05, 4.69) is 10.9 Å². The molecule has 0 spiro atoms. The fourth-order valence-electron chi connectivity index (χ4n) is 0.308. The normalized spacial score (nSPS) is 18.2. The van der Waals surface area contributed by atoms with Gasteiger partial charge in [0.25, 0.3) is 0 Å². The minimum Gasteiger partial charge on any atom is -0.358 e. The van der Waals surface area contributed by atoms with Gasteiger partial charge in [-0.05, 0) is 4.92 Å². The molecule has 0 saturated heterocycles. The molecule has 8 heavy (non-hydrogen) atoms. The van der Waals surface area contributed by atoms with Crippen molar-refractivity contribution in [1.82, 2.24) is 0 Å². The van der Waals surface area contributed by atoms with Gasteiger partial charge < -0.3 is 10.1 Å². The number of amidine groups is 1. The summed E-state index contributed by atoms with van der Waals surface area (Å²) < 4.78 is 0. The lowest BCUT2D eigenvalue weighted by Crippen LogP contribution is -2.10. The van der Waals surface area contributed by atoms with Gasteiger partial charge in [0.15, 0.2) is 0 Å². The third kappa shape index (κ3) is 0.975. The van der Waals surface area contributed by atoms with Crippen molar-refractivity contribution in [3.63, 3.8) is 0 Å². The molecule has 0 bridgehead atoms. The average molecular weight is 130 g/mol. The van der Waals surface area contributed by atoms with Crippen LogP contribution in [0.2, 0.25) is 0 Å². The molecule has 2 radical (unpaired) electrons. The van der Waals surface area contributed by atoms with E-state index in [0.717, 1.165) is 0 Å². The highest BCUT2D eigenvalue weighted by atomic mass is 32.2. The Kier molecular flexibility index (Phi) is 1.48. The third-order valence-electron chi connectivity index (χ3n) is 0.651. The van der Waals surface area contributed by atoms with Crippen LogP contribution in [-0.2, 0) is 0 Å². The SMILES string of the molecule is O=[N+]([O-])C1=N[C]SC1. The Morgan fingerprint density at radius 2 is 2.75 bits per heavy atom. The van der Waals surface area contributed by atoms with E-state index < -0.39 is 4.92 Å². The lowest BCUT2D eigenvalue weighted by molar-refractivity contribution is -0.350. The van der Waals surface area contributed by atoms with Crippen LogP contribution in [0.5, 0.6) is 0 Å². The molecule has 0 aromatic carbocycles. The lowest BCUT2D eigenvalue weighted by atomic mass is 10.7. The second-order valence-corrected chi connectivity index (χ2v) is 1.93. The molecule has 1 heterocycles. The molecule has 1 rings (SSSR count). The van der Waals surface area contributed by atoms with Gasteiger partial charge in [0.1, 0.15) is 5.75 Å². The van der Waals surface area contributed by atoms with Crippen molar-refractivity contribution in [2.24, 2.45) is 4.99 Å². The van der Waals surface area contributed by atoms with Crippen molar-refractivity contribution >= 4 is 17.6 Å². The maximum atomic E-state index is 9.82. The van der Waals surface area contributed by atoms with Crippen LogP contribution in [0, 0.1) is 16.0 Å². The molecule has 5 heteroatoms.